The average molecular weight is 330 g/mol. The zero-order valence-corrected chi connectivity index (χ0v) is 13.5. The summed E-state index contributed by atoms with van der Waals surface area (Å²) in [6.07, 6.45) is 1.26. The second-order valence-corrected chi connectivity index (χ2v) is 6.52. The minimum atomic E-state index is -3.73. The average Bonchev–Trinajstić information content (AvgIpc) is 2.96. The Kier molecular flexibility index (Phi) is 6.01. The van der Waals surface area contributed by atoms with Gasteiger partial charge in [0.2, 0.25) is 16.8 Å². The molecule has 0 spiro atoms. The van der Waals surface area contributed by atoms with Gasteiger partial charge in [0.1, 0.15) is 4.90 Å². The lowest BCUT2D eigenvalue weighted by atomic mass is 10.3. The van der Waals surface area contributed by atoms with E-state index in [1.165, 1.54) is 19.0 Å². The Bertz CT molecular complexity index is 582. The zero-order valence-electron chi connectivity index (χ0n) is 12.7. The SMILES string of the molecule is CCCN1CCOCC1.NS(=O)(=O)c1cccc2c1OCO2. The second kappa shape index (κ2) is 7.77. The van der Waals surface area contributed by atoms with E-state index < -0.39 is 10.0 Å². The first-order chi connectivity index (χ1) is 10.5. The molecule has 124 valence electrons. The highest BCUT2D eigenvalue weighted by Crippen LogP contribution is 2.37. The van der Waals surface area contributed by atoms with Crippen LogP contribution in [0.4, 0.5) is 0 Å². The fourth-order valence-corrected chi connectivity index (χ4v) is 2.95. The number of rotatable bonds is 3. The van der Waals surface area contributed by atoms with Crippen molar-refractivity contribution in [2.45, 2.75) is 18.2 Å². The van der Waals surface area contributed by atoms with E-state index in [-0.39, 0.29) is 17.4 Å². The van der Waals surface area contributed by atoms with Crippen molar-refractivity contribution in [1.29, 1.82) is 0 Å². The summed E-state index contributed by atoms with van der Waals surface area (Å²) < 4.78 is 37.2. The molecule has 0 unspecified atom stereocenters. The minimum Gasteiger partial charge on any atom is -0.454 e. The molecule has 22 heavy (non-hydrogen) atoms. The van der Waals surface area contributed by atoms with Crippen LogP contribution >= 0.6 is 0 Å². The van der Waals surface area contributed by atoms with Gasteiger partial charge in [0.25, 0.3) is 0 Å². The first kappa shape index (κ1) is 17.0. The van der Waals surface area contributed by atoms with Gasteiger partial charge >= 0.3 is 0 Å². The molecule has 1 aromatic rings. The molecular weight excluding hydrogens is 308 g/mol. The number of hydrogen-bond donors (Lipinski definition) is 1. The molecule has 2 aliphatic heterocycles. The Morgan fingerprint density at radius 2 is 1.95 bits per heavy atom. The van der Waals surface area contributed by atoms with Gasteiger partial charge in [-0.15, -0.1) is 0 Å². The Labute approximate surface area is 131 Å². The van der Waals surface area contributed by atoms with Gasteiger partial charge in [0, 0.05) is 13.1 Å². The summed E-state index contributed by atoms with van der Waals surface area (Å²) in [6.45, 7) is 7.61. The van der Waals surface area contributed by atoms with Gasteiger partial charge in [-0.2, -0.15) is 0 Å². The molecule has 2 aliphatic rings. The van der Waals surface area contributed by atoms with E-state index in [0.717, 1.165) is 26.3 Å². The fourth-order valence-electron chi connectivity index (χ4n) is 2.27. The topological polar surface area (TPSA) is 91.1 Å². The van der Waals surface area contributed by atoms with Crippen LogP contribution in [0.5, 0.6) is 11.5 Å². The smallest absolute Gasteiger partial charge is 0.241 e. The molecule has 2 N–H and O–H groups in total. The van der Waals surface area contributed by atoms with Crippen molar-refractivity contribution in [3.63, 3.8) is 0 Å². The first-order valence-corrected chi connectivity index (χ1v) is 8.78. The third-order valence-electron chi connectivity index (χ3n) is 3.31. The molecule has 8 heteroatoms. The predicted molar refractivity (Wildman–Crippen MR) is 81.5 cm³/mol. The fraction of sp³-hybridized carbons (Fsp3) is 0.571. The number of fused-ring (bicyclic) bond motifs is 1. The molecule has 1 saturated heterocycles. The van der Waals surface area contributed by atoms with Gasteiger partial charge in [-0.1, -0.05) is 13.0 Å². The number of ether oxygens (including phenoxy) is 3. The highest BCUT2D eigenvalue weighted by molar-refractivity contribution is 7.89. The van der Waals surface area contributed by atoms with Gasteiger partial charge in [-0.3, -0.25) is 4.90 Å². The quantitative estimate of drug-likeness (QED) is 0.881. The lowest BCUT2D eigenvalue weighted by Crippen LogP contribution is -2.36. The molecule has 0 atom stereocenters. The molecule has 0 radical (unpaired) electrons. The normalized spacial score (nSPS) is 17.7. The lowest BCUT2D eigenvalue weighted by molar-refractivity contribution is 0.0380. The molecule has 0 aromatic heterocycles. The van der Waals surface area contributed by atoms with Gasteiger partial charge < -0.3 is 14.2 Å². The Hall–Kier alpha value is -1.35. The Morgan fingerprint density at radius 3 is 2.59 bits per heavy atom. The molecule has 7 nitrogen and oxygen atoms in total. The van der Waals surface area contributed by atoms with E-state index in [4.69, 9.17) is 19.3 Å². The third-order valence-corrected chi connectivity index (χ3v) is 4.25. The van der Waals surface area contributed by atoms with Gasteiger partial charge in [0.05, 0.1) is 13.2 Å². The van der Waals surface area contributed by atoms with E-state index in [9.17, 15) is 8.42 Å². The standard InChI is InChI=1S/C7H7NO4S.C7H15NO/c8-13(9,10)6-3-1-2-5-7(6)12-4-11-5;1-2-3-8-4-6-9-7-5-8/h1-3H,4H2,(H2,8,9,10);2-7H2,1H3. The highest BCUT2D eigenvalue weighted by Gasteiger charge is 2.23. The number of benzene rings is 1. The number of morpholine rings is 1. The number of para-hydroxylation sites is 1. The van der Waals surface area contributed by atoms with Gasteiger partial charge in [0.15, 0.2) is 11.5 Å². The van der Waals surface area contributed by atoms with Crippen molar-refractivity contribution in [1.82, 2.24) is 4.90 Å². The number of nitrogens with two attached hydrogens (primary N) is 1. The van der Waals surface area contributed by atoms with E-state index in [0.29, 0.717) is 5.75 Å². The number of hydrogen-bond acceptors (Lipinski definition) is 6. The van der Waals surface area contributed by atoms with Crippen LogP contribution in [0.25, 0.3) is 0 Å². The minimum absolute atomic E-state index is 0.0296. The van der Waals surface area contributed by atoms with E-state index >= 15 is 0 Å². The summed E-state index contributed by atoms with van der Waals surface area (Å²) >= 11 is 0. The van der Waals surface area contributed by atoms with Crippen LogP contribution in [-0.2, 0) is 14.8 Å². The number of nitrogens with zero attached hydrogens (tertiary/aromatic N) is 1. The summed E-state index contributed by atoms with van der Waals surface area (Å²) in [4.78, 5) is 2.41. The van der Waals surface area contributed by atoms with Crippen molar-refractivity contribution in [2.75, 3.05) is 39.6 Å². The van der Waals surface area contributed by atoms with Crippen LogP contribution in [0, 0.1) is 0 Å². The van der Waals surface area contributed by atoms with E-state index in [1.807, 2.05) is 0 Å². The second-order valence-electron chi connectivity index (χ2n) is 4.99. The first-order valence-electron chi connectivity index (χ1n) is 7.24. The zero-order chi connectivity index (χ0) is 16.0. The van der Waals surface area contributed by atoms with Crippen LogP contribution in [0.15, 0.2) is 23.1 Å². The summed E-state index contributed by atoms with van der Waals surface area (Å²) in [5.74, 6) is 0.608. The molecule has 0 aliphatic carbocycles. The maximum Gasteiger partial charge on any atom is 0.241 e. The Balaban J connectivity index is 0.000000172. The molecule has 1 aromatic carbocycles. The molecule has 3 rings (SSSR count). The maximum atomic E-state index is 11.0. The maximum absolute atomic E-state index is 11.0. The summed E-state index contributed by atoms with van der Waals surface area (Å²) in [6, 6.07) is 4.55. The molecule has 1 fully saturated rings. The van der Waals surface area contributed by atoms with E-state index in [1.54, 1.807) is 12.1 Å². The lowest BCUT2D eigenvalue weighted by Gasteiger charge is -2.25. The van der Waals surface area contributed by atoms with Gasteiger partial charge in [-0.05, 0) is 25.1 Å². The van der Waals surface area contributed by atoms with Crippen molar-refractivity contribution in [2.24, 2.45) is 5.14 Å². The van der Waals surface area contributed by atoms with E-state index in [2.05, 4.69) is 11.8 Å². The van der Waals surface area contributed by atoms with Crippen molar-refractivity contribution < 1.29 is 22.6 Å². The molecule has 0 bridgehead atoms. The molecular formula is C14H22N2O5S. The summed E-state index contributed by atoms with van der Waals surface area (Å²) in [5.41, 5.74) is 0. The summed E-state index contributed by atoms with van der Waals surface area (Å²) in [7, 11) is -3.73. The van der Waals surface area contributed by atoms with Crippen molar-refractivity contribution in [3.8, 4) is 11.5 Å². The third kappa shape index (κ3) is 4.57. The largest absolute Gasteiger partial charge is 0.454 e. The van der Waals surface area contributed by atoms with Crippen LogP contribution in [0.3, 0.4) is 0 Å². The van der Waals surface area contributed by atoms with Crippen LogP contribution in [-0.4, -0.2) is 53.0 Å². The van der Waals surface area contributed by atoms with Crippen LogP contribution < -0.4 is 14.6 Å². The van der Waals surface area contributed by atoms with Crippen LogP contribution in [0.1, 0.15) is 13.3 Å². The van der Waals surface area contributed by atoms with Crippen molar-refractivity contribution in [3.05, 3.63) is 18.2 Å². The Morgan fingerprint density at radius 1 is 1.23 bits per heavy atom. The molecule has 0 amide bonds. The van der Waals surface area contributed by atoms with Crippen molar-refractivity contribution >= 4 is 10.0 Å². The molecule has 0 saturated carbocycles. The predicted octanol–water partition coefficient (Wildman–Crippen LogP) is 0.791. The highest BCUT2D eigenvalue weighted by atomic mass is 32.2. The van der Waals surface area contributed by atoms with Crippen LogP contribution in [0.2, 0.25) is 0 Å². The monoisotopic (exact) mass is 330 g/mol. The number of primary sulfonamides is 1. The number of sulfonamides is 1. The molecule has 2 heterocycles. The summed E-state index contributed by atoms with van der Waals surface area (Å²) in [5, 5.41) is 4.97. The van der Waals surface area contributed by atoms with Gasteiger partial charge in [-0.25, -0.2) is 13.6 Å².